The largest absolute Gasteiger partial charge is 0.497 e. The molecule has 1 aliphatic rings. The average Bonchev–Trinajstić information content (AvgIpc) is 2.79. The maximum absolute atomic E-state index is 12.5. The van der Waals surface area contributed by atoms with Gasteiger partial charge in [-0.1, -0.05) is 15.9 Å². The summed E-state index contributed by atoms with van der Waals surface area (Å²) in [5.41, 5.74) is 0.673. The van der Waals surface area contributed by atoms with Gasteiger partial charge in [-0.15, -0.1) is 0 Å². The van der Waals surface area contributed by atoms with E-state index in [2.05, 4.69) is 52.5 Å². The van der Waals surface area contributed by atoms with E-state index in [1.54, 1.807) is 31.4 Å². The molecule has 0 amide bonds. The molecule has 1 aromatic rings. The second-order valence-corrected chi connectivity index (χ2v) is 7.22. The highest BCUT2D eigenvalue weighted by atomic mass is 79.9. The zero-order valence-corrected chi connectivity index (χ0v) is 16.3. The number of carbonyl (C=O) groups excluding carboxylic acids is 2. The molecule has 0 aromatic heterocycles. The molecule has 1 aliphatic heterocycles. The molecule has 0 fully saturated rings. The minimum Gasteiger partial charge on any atom is -0.497 e. The van der Waals surface area contributed by atoms with Gasteiger partial charge in [-0.2, -0.15) is 0 Å². The van der Waals surface area contributed by atoms with Gasteiger partial charge in [0, 0.05) is 5.56 Å². The smallest absolute Gasteiger partial charge is 0.325 e. The Morgan fingerprint density at radius 2 is 1.86 bits per heavy atom. The summed E-state index contributed by atoms with van der Waals surface area (Å²) in [6.45, 7) is 0. The third-order valence-electron chi connectivity index (χ3n) is 3.05. The zero-order valence-electron chi connectivity index (χ0n) is 11.6. The molecule has 0 spiro atoms. The lowest BCUT2D eigenvalue weighted by Crippen LogP contribution is -2.44. The van der Waals surface area contributed by atoms with Crippen molar-refractivity contribution in [2.75, 3.05) is 14.2 Å². The van der Waals surface area contributed by atoms with E-state index < -0.39 is 21.1 Å². The molecule has 2 atom stereocenters. The fourth-order valence-corrected chi connectivity index (χ4v) is 3.75. The number of hydrogen-bond donors (Lipinski definition) is 0. The Kier molecular flexibility index (Phi) is 5.34. The van der Waals surface area contributed by atoms with Crippen LogP contribution in [-0.4, -0.2) is 35.3 Å². The van der Waals surface area contributed by atoms with Gasteiger partial charge in [-0.05, 0) is 56.1 Å². The number of Topliss-reactive ketones (excluding diaryl/α,β-unsaturated/α-hetero) is 1. The van der Waals surface area contributed by atoms with E-state index in [1.165, 1.54) is 7.11 Å². The third-order valence-corrected chi connectivity index (χ3v) is 6.38. The van der Waals surface area contributed by atoms with Crippen LogP contribution in [0.5, 0.6) is 5.75 Å². The quantitative estimate of drug-likeness (QED) is 0.470. The molecule has 0 N–H and O–H groups in total. The first-order chi connectivity index (χ1) is 10.3. The SMILES string of the molecule is COC(=O)[C@H](Br)[C@]1(Br)OC(c2ccc(OC)cc2)=C(Br)C1=O. The Bertz CT molecular complexity index is 640. The van der Waals surface area contributed by atoms with E-state index >= 15 is 0 Å². The van der Waals surface area contributed by atoms with Crippen molar-refractivity contribution in [3.63, 3.8) is 0 Å². The van der Waals surface area contributed by atoms with Crippen molar-refractivity contribution >= 4 is 65.3 Å². The van der Waals surface area contributed by atoms with Crippen molar-refractivity contribution in [3.05, 3.63) is 34.3 Å². The van der Waals surface area contributed by atoms with Crippen LogP contribution in [0.4, 0.5) is 0 Å². The van der Waals surface area contributed by atoms with Gasteiger partial charge in [0.1, 0.15) is 16.0 Å². The molecule has 22 heavy (non-hydrogen) atoms. The summed E-state index contributed by atoms with van der Waals surface area (Å²) >= 11 is 9.58. The third kappa shape index (κ3) is 2.96. The van der Waals surface area contributed by atoms with E-state index in [0.29, 0.717) is 17.1 Å². The molecule has 0 saturated heterocycles. The topological polar surface area (TPSA) is 61.8 Å². The Morgan fingerprint density at radius 1 is 1.27 bits per heavy atom. The fraction of sp³-hybridized carbons (Fsp3) is 0.286. The van der Waals surface area contributed by atoms with Gasteiger partial charge in [0.2, 0.25) is 10.3 Å². The molecule has 0 aliphatic carbocycles. The van der Waals surface area contributed by atoms with Gasteiger partial charge in [-0.25, -0.2) is 0 Å². The summed E-state index contributed by atoms with van der Waals surface area (Å²) < 4.78 is 14.1. The van der Waals surface area contributed by atoms with Crippen LogP contribution in [0.15, 0.2) is 28.7 Å². The lowest BCUT2D eigenvalue weighted by molar-refractivity contribution is -0.144. The highest BCUT2D eigenvalue weighted by Gasteiger charge is 2.55. The van der Waals surface area contributed by atoms with Crippen LogP contribution >= 0.6 is 47.8 Å². The minimum absolute atomic E-state index is 0.239. The standard InChI is InChI=1S/C14H11Br3O5/c1-20-8-5-3-7(4-6-8)10-9(15)12(18)14(17,22-10)11(16)13(19)21-2/h3-6,11H,1-2H3/t11-,14-/m0/s1. The average molecular weight is 499 g/mol. The first-order valence-electron chi connectivity index (χ1n) is 6.04. The number of benzene rings is 1. The number of ketones is 1. The molecule has 1 aromatic carbocycles. The number of carbonyl (C=O) groups is 2. The molecular weight excluding hydrogens is 488 g/mol. The van der Waals surface area contributed by atoms with E-state index in [0.717, 1.165) is 0 Å². The summed E-state index contributed by atoms with van der Waals surface area (Å²) in [5, 5.41) is 0. The molecule has 0 radical (unpaired) electrons. The van der Waals surface area contributed by atoms with Crippen molar-refractivity contribution in [2.45, 2.75) is 9.34 Å². The number of methoxy groups -OCH3 is 2. The van der Waals surface area contributed by atoms with E-state index in [9.17, 15) is 9.59 Å². The van der Waals surface area contributed by atoms with E-state index in [-0.39, 0.29) is 4.48 Å². The normalized spacial score (nSPS) is 22.3. The molecule has 0 bridgehead atoms. The predicted octanol–water partition coefficient (Wildman–Crippen LogP) is 3.39. The minimum atomic E-state index is -1.56. The summed E-state index contributed by atoms with van der Waals surface area (Å²) in [6.07, 6.45) is 0. The monoisotopic (exact) mass is 496 g/mol. The van der Waals surface area contributed by atoms with Crippen molar-refractivity contribution in [3.8, 4) is 5.75 Å². The number of halogens is 3. The van der Waals surface area contributed by atoms with Gasteiger partial charge in [0.25, 0.3) is 0 Å². The lowest BCUT2D eigenvalue weighted by Gasteiger charge is -2.25. The van der Waals surface area contributed by atoms with Crippen LogP contribution in [0.25, 0.3) is 5.76 Å². The number of ether oxygens (including phenoxy) is 3. The second kappa shape index (κ2) is 6.72. The molecule has 0 unspecified atom stereocenters. The van der Waals surface area contributed by atoms with Crippen molar-refractivity contribution < 1.29 is 23.8 Å². The Morgan fingerprint density at radius 3 is 2.36 bits per heavy atom. The van der Waals surface area contributed by atoms with Crippen LogP contribution in [0.1, 0.15) is 5.56 Å². The van der Waals surface area contributed by atoms with Crippen molar-refractivity contribution in [1.82, 2.24) is 0 Å². The summed E-state index contributed by atoms with van der Waals surface area (Å²) in [5.74, 6) is -0.0205. The van der Waals surface area contributed by atoms with Gasteiger partial charge < -0.3 is 14.2 Å². The molecule has 5 nitrogen and oxygen atoms in total. The highest BCUT2D eigenvalue weighted by molar-refractivity contribution is 9.13. The predicted molar refractivity (Wildman–Crippen MR) is 91.3 cm³/mol. The fourth-order valence-electron chi connectivity index (χ4n) is 1.84. The molecule has 0 saturated carbocycles. The number of esters is 1. The van der Waals surface area contributed by atoms with E-state index in [4.69, 9.17) is 9.47 Å². The molecular formula is C14H11Br3O5. The maximum Gasteiger partial charge on any atom is 0.325 e. The van der Waals surface area contributed by atoms with Gasteiger partial charge in [-0.3, -0.25) is 9.59 Å². The van der Waals surface area contributed by atoms with Crippen LogP contribution < -0.4 is 4.74 Å². The van der Waals surface area contributed by atoms with Crippen LogP contribution in [0.3, 0.4) is 0 Å². The van der Waals surface area contributed by atoms with Crippen molar-refractivity contribution in [1.29, 1.82) is 0 Å². The first-order valence-corrected chi connectivity index (χ1v) is 8.54. The van der Waals surface area contributed by atoms with Crippen molar-refractivity contribution in [2.24, 2.45) is 0 Å². The highest BCUT2D eigenvalue weighted by Crippen LogP contribution is 2.47. The maximum atomic E-state index is 12.5. The van der Waals surface area contributed by atoms with Crippen LogP contribution in [0, 0.1) is 0 Å². The summed E-state index contributed by atoms with van der Waals surface area (Å²) in [4.78, 5) is 23.2. The Labute approximate surface area is 152 Å². The summed E-state index contributed by atoms with van der Waals surface area (Å²) in [6, 6.07) is 7.00. The van der Waals surface area contributed by atoms with Gasteiger partial charge in [0.05, 0.1) is 14.2 Å². The molecule has 2 rings (SSSR count). The Hall–Kier alpha value is -0.860. The number of rotatable bonds is 4. The number of alkyl halides is 2. The van der Waals surface area contributed by atoms with Gasteiger partial charge in [0.15, 0.2) is 4.83 Å². The molecule has 118 valence electrons. The van der Waals surface area contributed by atoms with Gasteiger partial charge >= 0.3 is 5.97 Å². The lowest BCUT2D eigenvalue weighted by atomic mass is 10.1. The second-order valence-electron chi connectivity index (χ2n) is 4.33. The summed E-state index contributed by atoms with van der Waals surface area (Å²) in [7, 11) is 2.80. The molecule has 8 heteroatoms. The van der Waals surface area contributed by atoms with E-state index in [1.807, 2.05) is 0 Å². The first kappa shape index (κ1) is 17.5. The van der Waals surface area contributed by atoms with Crippen LogP contribution in [-0.2, 0) is 19.1 Å². The number of hydrogen-bond acceptors (Lipinski definition) is 5. The Balaban J connectivity index is 2.35. The zero-order chi connectivity index (χ0) is 16.5. The molecule has 1 heterocycles. The van der Waals surface area contributed by atoms with Crippen LogP contribution in [0.2, 0.25) is 0 Å².